The minimum Gasteiger partial charge on any atom is -0.321 e. The first-order valence-electron chi connectivity index (χ1n) is 6.45. The van der Waals surface area contributed by atoms with Crippen molar-refractivity contribution in [2.45, 2.75) is 33.1 Å². The Hall–Kier alpha value is -1.27. The molecule has 2 rings (SSSR count). The number of amides is 1. The number of halogens is 1. The molecule has 1 N–H and O–H groups in total. The lowest BCUT2D eigenvalue weighted by molar-refractivity contribution is 0.102. The van der Waals surface area contributed by atoms with Crippen molar-refractivity contribution in [2.75, 3.05) is 5.32 Å². The van der Waals surface area contributed by atoms with Gasteiger partial charge in [0.2, 0.25) is 0 Å². The molecule has 4 nitrogen and oxygen atoms in total. The molecule has 0 saturated carbocycles. The van der Waals surface area contributed by atoms with Crippen LogP contribution >= 0.6 is 27.5 Å². The van der Waals surface area contributed by atoms with Gasteiger partial charge >= 0.3 is 0 Å². The van der Waals surface area contributed by atoms with E-state index >= 15 is 0 Å². The van der Waals surface area contributed by atoms with Crippen LogP contribution in [0.2, 0.25) is 0 Å². The van der Waals surface area contributed by atoms with Crippen molar-refractivity contribution < 1.29 is 4.79 Å². The molecule has 0 saturated heterocycles. The van der Waals surface area contributed by atoms with E-state index in [9.17, 15) is 4.79 Å². The molecule has 0 aliphatic rings. The quantitative estimate of drug-likeness (QED) is 0.894. The molecule has 0 fully saturated rings. The molecule has 1 amide bonds. The Morgan fingerprint density at radius 3 is 2.85 bits per heavy atom. The number of aromatic nitrogens is 2. The number of hydrogen-bond acceptors (Lipinski definition) is 4. The molecule has 1 aromatic carbocycles. The van der Waals surface area contributed by atoms with Crippen molar-refractivity contribution in [1.29, 1.82) is 0 Å². The van der Waals surface area contributed by atoms with Crippen LogP contribution in [0, 0.1) is 0 Å². The van der Waals surface area contributed by atoms with E-state index in [4.69, 9.17) is 0 Å². The summed E-state index contributed by atoms with van der Waals surface area (Å²) in [5, 5.41) is 6.99. The van der Waals surface area contributed by atoms with E-state index in [1.165, 1.54) is 0 Å². The van der Waals surface area contributed by atoms with Crippen LogP contribution in [0.15, 0.2) is 22.7 Å². The third-order valence-corrected chi connectivity index (χ3v) is 4.20. The molecule has 0 bridgehead atoms. The fourth-order valence-electron chi connectivity index (χ4n) is 1.89. The van der Waals surface area contributed by atoms with Gasteiger partial charge in [-0.25, -0.2) is 0 Å². The largest absolute Gasteiger partial charge is 0.321 e. The van der Waals surface area contributed by atoms with E-state index in [-0.39, 0.29) is 11.8 Å². The highest BCUT2D eigenvalue weighted by Gasteiger charge is 2.19. The number of aryl methyl sites for hydroxylation is 1. The van der Waals surface area contributed by atoms with E-state index < -0.39 is 0 Å². The van der Waals surface area contributed by atoms with Gasteiger partial charge in [-0.15, -0.1) is 5.10 Å². The minimum atomic E-state index is -0.138. The second-order valence-corrected chi connectivity index (χ2v) is 6.42. The number of rotatable bonds is 4. The first kappa shape index (κ1) is 15.1. The van der Waals surface area contributed by atoms with Gasteiger partial charge in [0.25, 0.3) is 5.91 Å². The van der Waals surface area contributed by atoms with Crippen molar-refractivity contribution >= 4 is 39.1 Å². The van der Waals surface area contributed by atoms with Crippen LogP contribution in [0.4, 0.5) is 5.69 Å². The number of anilines is 1. The van der Waals surface area contributed by atoms with Gasteiger partial charge in [0.15, 0.2) is 0 Å². The zero-order valence-electron chi connectivity index (χ0n) is 11.6. The molecule has 0 aliphatic carbocycles. The lowest BCUT2D eigenvalue weighted by Gasteiger charge is -2.10. The van der Waals surface area contributed by atoms with Crippen LogP contribution in [0.25, 0.3) is 0 Å². The molecule has 106 valence electrons. The Kier molecular flexibility index (Phi) is 4.88. The number of carbonyl (C=O) groups excluding carboxylic acids is 1. The topological polar surface area (TPSA) is 54.9 Å². The average molecular weight is 354 g/mol. The standard InChI is InChI=1S/C14H16BrN3OS/c1-4-9-7-10(15)5-6-11(9)16-14(19)13-12(8(2)3)17-18-20-13/h5-8H,4H2,1-3H3,(H,16,19). The number of nitrogens with one attached hydrogen (secondary N) is 1. The Bertz CT molecular complexity index is 625. The summed E-state index contributed by atoms with van der Waals surface area (Å²) in [4.78, 5) is 12.9. The number of benzene rings is 1. The van der Waals surface area contributed by atoms with E-state index in [1.807, 2.05) is 32.0 Å². The van der Waals surface area contributed by atoms with Gasteiger partial charge in [-0.3, -0.25) is 4.79 Å². The highest BCUT2D eigenvalue weighted by molar-refractivity contribution is 9.10. The summed E-state index contributed by atoms with van der Waals surface area (Å²) in [6.07, 6.45) is 0.854. The fourth-order valence-corrected chi connectivity index (χ4v) is 3.01. The van der Waals surface area contributed by atoms with E-state index in [1.54, 1.807) is 0 Å². The molecular weight excluding hydrogens is 338 g/mol. The van der Waals surface area contributed by atoms with E-state index in [0.29, 0.717) is 4.88 Å². The molecule has 1 aromatic heterocycles. The van der Waals surface area contributed by atoms with Gasteiger partial charge in [0.05, 0.1) is 5.69 Å². The van der Waals surface area contributed by atoms with Crippen LogP contribution in [0.5, 0.6) is 0 Å². The van der Waals surface area contributed by atoms with Crippen molar-refractivity contribution in [1.82, 2.24) is 9.59 Å². The van der Waals surface area contributed by atoms with Crippen LogP contribution in [-0.2, 0) is 6.42 Å². The Morgan fingerprint density at radius 1 is 1.45 bits per heavy atom. The molecule has 0 aliphatic heterocycles. The van der Waals surface area contributed by atoms with E-state index in [2.05, 4.69) is 37.8 Å². The van der Waals surface area contributed by atoms with Crippen molar-refractivity contribution in [3.05, 3.63) is 38.8 Å². The third-order valence-electron chi connectivity index (χ3n) is 2.96. The molecule has 2 aromatic rings. The molecule has 0 unspecified atom stereocenters. The monoisotopic (exact) mass is 353 g/mol. The summed E-state index contributed by atoms with van der Waals surface area (Å²) in [6.45, 7) is 6.07. The highest BCUT2D eigenvalue weighted by atomic mass is 79.9. The van der Waals surface area contributed by atoms with Gasteiger partial charge in [-0.1, -0.05) is 41.2 Å². The zero-order valence-corrected chi connectivity index (χ0v) is 14.0. The van der Waals surface area contributed by atoms with Crippen molar-refractivity contribution in [2.24, 2.45) is 0 Å². The third kappa shape index (κ3) is 3.24. The molecule has 0 radical (unpaired) electrons. The van der Waals surface area contributed by atoms with Crippen molar-refractivity contribution in [3.63, 3.8) is 0 Å². The second-order valence-electron chi connectivity index (χ2n) is 4.75. The molecule has 0 spiro atoms. The van der Waals surface area contributed by atoms with Crippen molar-refractivity contribution in [3.8, 4) is 0 Å². The summed E-state index contributed by atoms with van der Waals surface area (Å²) in [7, 11) is 0. The van der Waals surface area contributed by atoms with Gasteiger partial charge < -0.3 is 5.32 Å². The van der Waals surface area contributed by atoms with Gasteiger partial charge in [0.1, 0.15) is 4.88 Å². The predicted octanol–water partition coefficient (Wildman–Crippen LogP) is 4.24. The second kappa shape index (κ2) is 6.45. The Balaban J connectivity index is 2.26. The molecular formula is C14H16BrN3OS. The molecule has 20 heavy (non-hydrogen) atoms. The summed E-state index contributed by atoms with van der Waals surface area (Å²) < 4.78 is 4.90. The number of hydrogen-bond donors (Lipinski definition) is 1. The number of nitrogens with zero attached hydrogens (tertiary/aromatic N) is 2. The van der Waals surface area contributed by atoms with Crippen LogP contribution in [-0.4, -0.2) is 15.5 Å². The summed E-state index contributed by atoms with van der Waals surface area (Å²) in [6, 6.07) is 5.84. The first-order valence-corrected chi connectivity index (χ1v) is 8.01. The van der Waals surface area contributed by atoms with Gasteiger partial charge in [-0.05, 0) is 47.6 Å². The Labute approximate surface area is 130 Å². The maximum Gasteiger partial charge on any atom is 0.269 e. The molecule has 6 heteroatoms. The van der Waals surface area contributed by atoms with Crippen LogP contribution in [0.1, 0.15) is 47.6 Å². The maximum absolute atomic E-state index is 12.4. The van der Waals surface area contributed by atoms with Crippen LogP contribution < -0.4 is 5.32 Å². The highest BCUT2D eigenvalue weighted by Crippen LogP contribution is 2.24. The molecule has 0 atom stereocenters. The minimum absolute atomic E-state index is 0.138. The van der Waals surface area contributed by atoms with Gasteiger partial charge in [-0.2, -0.15) is 0 Å². The average Bonchev–Trinajstić information content (AvgIpc) is 2.90. The van der Waals surface area contributed by atoms with Gasteiger partial charge in [0, 0.05) is 10.2 Å². The van der Waals surface area contributed by atoms with Crippen LogP contribution in [0.3, 0.4) is 0 Å². The lowest BCUT2D eigenvalue weighted by Crippen LogP contribution is -2.14. The lowest BCUT2D eigenvalue weighted by atomic mass is 10.1. The molecule has 1 heterocycles. The first-order chi connectivity index (χ1) is 9.52. The summed E-state index contributed by atoms with van der Waals surface area (Å²) in [5.74, 6) is 0.0470. The maximum atomic E-state index is 12.4. The summed E-state index contributed by atoms with van der Waals surface area (Å²) in [5.41, 5.74) is 2.68. The normalized spacial score (nSPS) is 10.8. The fraction of sp³-hybridized carbons (Fsp3) is 0.357. The predicted molar refractivity (Wildman–Crippen MR) is 85.5 cm³/mol. The summed E-state index contributed by atoms with van der Waals surface area (Å²) >= 11 is 4.58. The SMILES string of the molecule is CCc1cc(Br)ccc1NC(=O)c1snnc1C(C)C. The smallest absolute Gasteiger partial charge is 0.269 e. The Morgan fingerprint density at radius 2 is 2.20 bits per heavy atom. The zero-order chi connectivity index (χ0) is 14.7. The van der Waals surface area contributed by atoms with E-state index in [0.717, 1.165) is 39.4 Å². The number of carbonyl (C=O) groups is 1.